The van der Waals surface area contributed by atoms with Crippen LogP contribution in [0.2, 0.25) is 5.02 Å². The molecule has 5 heteroatoms. The quantitative estimate of drug-likeness (QED) is 0.831. The fourth-order valence-electron chi connectivity index (χ4n) is 2.53. The van der Waals surface area contributed by atoms with E-state index in [1.54, 1.807) is 0 Å². The number of carbonyl (C=O) groups excluding carboxylic acids is 1. The number of halogens is 1. The van der Waals surface area contributed by atoms with Crippen molar-refractivity contribution in [3.8, 4) is 0 Å². The Kier molecular flexibility index (Phi) is 3.24. The summed E-state index contributed by atoms with van der Waals surface area (Å²) in [5.41, 5.74) is 2.02. The second kappa shape index (κ2) is 4.88. The Hall–Kier alpha value is -1.10. The van der Waals surface area contributed by atoms with Crippen LogP contribution in [0.15, 0.2) is 18.2 Å². The van der Waals surface area contributed by atoms with E-state index in [1.807, 2.05) is 23.1 Å². The summed E-state index contributed by atoms with van der Waals surface area (Å²) in [6.45, 7) is 2.56. The molecule has 3 rings (SSSR count). The molecule has 0 aliphatic carbocycles. The van der Waals surface area contributed by atoms with Gasteiger partial charge in [-0.25, -0.2) is 0 Å². The Morgan fingerprint density at radius 2 is 2.39 bits per heavy atom. The molecule has 1 N–H and O–H groups in total. The van der Waals surface area contributed by atoms with Crippen molar-refractivity contribution in [3.05, 3.63) is 28.8 Å². The van der Waals surface area contributed by atoms with Crippen LogP contribution in [0.25, 0.3) is 0 Å². The topological polar surface area (TPSA) is 41.6 Å². The maximum Gasteiger partial charge on any atom is 0.246 e. The molecule has 1 atom stereocenters. The molecule has 0 saturated carbocycles. The van der Waals surface area contributed by atoms with Crippen molar-refractivity contribution in [2.75, 3.05) is 31.2 Å². The molecule has 1 aromatic carbocycles. The van der Waals surface area contributed by atoms with Crippen LogP contribution in [0, 0.1) is 0 Å². The van der Waals surface area contributed by atoms with E-state index in [2.05, 4.69) is 5.32 Å². The summed E-state index contributed by atoms with van der Waals surface area (Å²) in [6.07, 6.45) is 0.828. The molecule has 1 saturated heterocycles. The summed E-state index contributed by atoms with van der Waals surface area (Å²) in [7, 11) is 0. The highest BCUT2D eigenvalue weighted by molar-refractivity contribution is 6.32. The monoisotopic (exact) mass is 266 g/mol. The summed E-state index contributed by atoms with van der Waals surface area (Å²) in [5.74, 6) is 0.0794. The number of amides is 1. The Morgan fingerprint density at radius 3 is 3.17 bits per heavy atom. The molecular formula is C13H15ClN2O2. The highest BCUT2D eigenvalue weighted by Crippen LogP contribution is 2.33. The number of benzene rings is 1. The number of hydrogen-bond acceptors (Lipinski definition) is 3. The number of nitrogens with one attached hydrogen (secondary N) is 1. The third-order valence-corrected chi connectivity index (χ3v) is 3.81. The Labute approximate surface area is 111 Å². The summed E-state index contributed by atoms with van der Waals surface area (Å²) in [6, 6.07) is 5.48. The standard InChI is InChI=1S/C13H15ClN2O2/c14-10-2-1-3-12-9(10)4-6-16(12)13(17)11-8-18-7-5-15-11/h1-3,11,15H,4-8H2. The SMILES string of the molecule is O=C(C1COCCN1)N1CCc2c(Cl)cccc21. The third kappa shape index (κ3) is 2.00. The normalized spacial score (nSPS) is 22.9. The van der Waals surface area contributed by atoms with Gasteiger partial charge in [0.05, 0.1) is 13.2 Å². The molecule has 96 valence electrons. The van der Waals surface area contributed by atoms with Crippen molar-refractivity contribution in [3.63, 3.8) is 0 Å². The molecule has 0 radical (unpaired) electrons. The minimum atomic E-state index is -0.233. The Balaban J connectivity index is 1.83. The van der Waals surface area contributed by atoms with Gasteiger partial charge in [-0.05, 0) is 24.1 Å². The van der Waals surface area contributed by atoms with Gasteiger partial charge in [-0.1, -0.05) is 17.7 Å². The minimum absolute atomic E-state index is 0.0794. The lowest BCUT2D eigenvalue weighted by atomic mass is 10.1. The van der Waals surface area contributed by atoms with E-state index >= 15 is 0 Å². The first-order valence-corrected chi connectivity index (χ1v) is 6.55. The molecule has 2 aliphatic rings. The molecule has 2 heterocycles. The smallest absolute Gasteiger partial charge is 0.246 e. The van der Waals surface area contributed by atoms with Gasteiger partial charge >= 0.3 is 0 Å². The van der Waals surface area contributed by atoms with E-state index < -0.39 is 0 Å². The van der Waals surface area contributed by atoms with Gasteiger partial charge in [0.25, 0.3) is 0 Å². The van der Waals surface area contributed by atoms with Crippen molar-refractivity contribution >= 4 is 23.2 Å². The Morgan fingerprint density at radius 1 is 1.50 bits per heavy atom. The third-order valence-electron chi connectivity index (χ3n) is 3.46. The van der Waals surface area contributed by atoms with Crippen molar-refractivity contribution in [1.82, 2.24) is 5.32 Å². The van der Waals surface area contributed by atoms with Gasteiger partial charge in [0.1, 0.15) is 6.04 Å². The molecule has 4 nitrogen and oxygen atoms in total. The molecule has 1 aromatic rings. The molecule has 0 bridgehead atoms. The van der Waals surface area contributed by atoms with Gasteiger partial charge < -0.3 is 15.0 Å². The van der Waals surface area contributed by atoms with Crippen LogP contribution in [0.4, 0.5) is 5.69 Å². The highest BCUT2D eigenvalue weighted by atomic mass is 35.5. The summed E-state index contributed by atoms with van der Waals surface area (Å²) >= 11 is 6.15. The van der Waals surface area contributed by atoms with Crippen LogP contribution in [-0.4, -0.2) is 38.3 Å². The summed E-state index contributed by atoms with van der Waals surface area (Å²) < 4.78 is 5.34. The molecular weight excluding hydrogens is 252 g/mol. The van der Waals surface area contributed by atoms with E-state index in [-0.39, 0.29) is 11.9 Å². The van der Waals surface area contributed by atoms with Gasteiger partial charge in [0, 0.05) is 23.8 Å². The zero-order valence-electron chi connectivity index (χ0n) is 9.99. The molecule has 0 spiro atoms. The molecule has 1 unspecified atom stereocenters. The highest BCUT2D eigenvalue weighted by Gasteiger charge is 2.31. The minimum Gasteiger partial charge on any atom is -0.378 e. The maximum atomic E-state index is 12.4. The van der Waals surface area contributed by atoms with Crippen LogP contribution in [0.1, 0.15) is 5.56 Å². The van der Waals surface area contributed by atoms with Crippen LogP contribution in [0.3, 0.4) is 0 Å². The predicted octanol–water partition coefficient (Wildman–Crippen LogP) is 1.22. The van der Waals surface area contributed by atoms with E-state index in [0.717, 1.165) is 29.2 Å². The van der Waals surface area contributed by atoms with E-state index in [4.69, 9.17) is 16.3 Å². The van der Waals surface area contributed by atoms with Crippen LogP contribution < -0.4 is 10.2 Å². The number of ether oxygens (including phenoxy) is 1. The molecule has 1 amide bonds. The van der Waals surface area contributed by atoms with Crippen LogP contribution in [-0.2, 0) is 16.0 Å². The number of carbonyl (C=O) groups is 1. The number of anilines is 1. The van der Waals surface area contributed by atoms with Gasteiger partial charge in [0.2, 0.25) is 5.91 Å². The number of nitrogens with zero attached hydrogens (tertiary/aromatic N) is 1. The maximum absolute atomic E-state index is 12.4. The van der Waals surface area contributed by atoms with E-state index in [9.17, 15) is 4.79 Å². The van der Waals surface area contributed by atoms with E-state index in [0.29, 0.717) is 19.8 Å². The number of fused-ring (bicyclic) bond motifs is 1. The second-order valence-electron chi connectivity index (χ2n) is 4.56. The molecule has 2 aliphatic heterocycles. The first kappa shape index (κ1) is 12.0. The van der Waals surface area contributed by atoms with Gasteiger partial charge in [-0.15, -0.1) is 0 Å². The zero-order valence-corrected chi connectivity index (χ0v) is 10.7. The van der Waals surface area contributed by atoms with Crippen molar-refractivity contribution in [1.29, 1.82) is 0 Å². The molecule has 1 fully saturated rings. The van der Waals surface area contributed by atoms with Crippen LogP contribution >= 0.6 is 11.6 Å². The van der Waals surface area contributed by atoms with Crippen molar-refractivity contribution < 1.29 is 9.53 Å². The number of rotatable bonds is 1. The number of hydrogen-bond donors (Lipinski definition) is 1. The van der Waals surface area contributed by atoms with Gasteiger partial charge in [-0.2, -0.15) is 0 Å². The second-order valence-corrected chi connectivity index (χ2v) is 4.97. The lowest BCUT2D eigenvalue weighted by molar-refractivity contribution is -0.123. The lowest BCUT2D eigenvalue weighted by Gasteiger charge is -2.27. The fraction of sp³-hybridized carbons (Fsp3) is 0.462. The van der Waals surface area contributed by atoms with E-state index in [1.165, 1.54) is 0 Å². The predicted molar refractivity (Wildman–Crippen MR) is 70.1 cm³/mol. The first-order chi connectivity index (χ1) is 8.77. The number of morpholine rings is 1. The first-order valence-electron chi connectivity index (χ1n) is 6.17. The van der Waals surface area contributed by atoms with Gasteiger partial charge in [-0.3, -0.25) is 4.79 Å². The Bertz CT molecular complexity index is 472. The van der Waals surface area contributed by atoms with Crippen LogP contribution in [0.5, 0.6) is 0 Å². The summed E-state index contributed by atoms with van der Waals surface area (Å²) in [4.78, 5) is 14.2. The average molecular weight is 267 g/mol. The van der Waals surface area contributed by atoms with Crippen molar-refractivity contribution in [2.45, 2.75) is 12.5 Å². The molecule has 0 aromatic heterocycles. The van der Waals surface area contributed by atoms with Gasteiger partial charge in [0.15, 0.2) is 0 Å². The zero-order chi connectivity index (χ0) is 12.5. The lowest BCUT2D eigenvalue weighted by Crippen LogP contribution is -2.52. The summed E-state index contributed by atoms with van der Waals surface area (Å²) in [5, 5.41) is 3.94. The van der Waals surface area contributed by atoms with Crippen molar-refractivity contribution in [2.24, 2.45) is 0 Å². The average Bonchev–Trinajstić information content (AvgIpc) is 2.84. The largest absolute Gasteiger partial charge is 0.378 e. The molecule has 18 heavy (non-hydrogen) atoms. The fourth-order valence-corrected chi connectivity index (χ4v) is 2.80.